The molecule has 1 unspecified atom stereocenters. The fourth-order valence-corrected chi connectivity index (χ4v) is 2.22. The number of benzene rings is 2. The third-order valence-corrected chi connectivity index (χ3v) is 3.27. The Bertz CT molecular complexity index is 598. The molecule has 0 saturated carbocycles. The first kappa shape index (κ1) is 13.7. The summed E-state index contributed by atoms with van der Waals surface area (Å²) in [5.74, 6) is -1.87. The molecular formula is C16H16F2O. The van der Waals surface area contributed by atoms with Crippen molar-refractivity contribution in [2.75, 3.05) is 0 Å². The van der Waals surface area contributed by atoms with Crippen LogP contribution in [-0.2, 0) is 5.60 Å². The topological polar surface area (TPSA) is 20.2 Å². The average Bonchev–Trinajstić information content (AvgIpc) is 2.31. The maximum absolute atomic E-state index is 13.3. The molecule has 0 fully saturated rings. The molecule has 2 aromatic rings. The van der Waals surface area contributed by atoms with Gasteiger partial charge in [0, 0.05) is 0 Å². The van der Waals surface area contributed by atoms with E-state index in [-0.39, 0.29) is 0 Å². The first-order valence-corrected chi connectivity index (χ1v) is 6.07. The van der Waals surface area contributed by atoms with Crippen LogP contribution in [0.1, 0.15) is 29.2 Å². The minimum Gasteiger partial charge on any atom is -0.381 e. The average molecular weight is 262 g/mol. The number of aliphatic hydroxyl groups is 1. The first-order chi connectivity index (χ1) is 8.80. The Labute approximate surface area is 111 Å². The lowest BCUT2D eigenvalue weighted by Gasteiger charge is -2.25. The van der Waals surface area contributed by atoms with Crippen LogP contribution in [0.4, 0.5) is 8.78 Å². The normalized spacial score (nSPS) is 14.2. The highest BCUT2D eigenvalue weighted by atomic mass is 19.2. The Kier molecular flexibility index (Phi) is 3.42. The summed E-state index contributed by atoms with van der Waals surface area (Å²) in [5.41, 5.74) is 1.66. The molecule has 0 aliphatic carbocycles. The summed E-state index contributed by atoms with van der Waals surface area (Å²) in [6.07, 6.45) is 0. The van der Waals surface area contributed by atoms with Crippen LogP contribution in [0.25, 0.3) is 0 Å². The number of halogens is 2. The van der Waals surface area contributed by atoms with Crippen LogP contribution in [0.5, 0.6) is 0 Å². The van der Waals surface area contributed by atoms with Gasteiger partial charge in [0.15, 0.2) is 11.6 Å². The van der Waals surface area contributed by atoms with Crippen molar-refractivity contribution in [2.45, 2.75) is 26.4 Å². The largest absolute Gasteiger partial charge is 0.381 e. The maximum Gasteiger partial charge on any atom is 0.159 e. The van der Waals surface area contributed by atoms with E-state index in [1.54, 1.807) is 6.92 Å². The van der Waals surface area contributed by atoms with E-state index in [0.29, 0.717) is 11.1 Å². The Hall–Kier alpha value is -1.74. The molecule has 2 aromatic carbocycles. The molecule has 0 bridgehead atoms. The molecule has 19 heavy (non-hydrogen) atoms. The lowest BCUT2D eigenvalue weighted by molar-refractivity contribution is 0.102. The summed E-state index contributed by atoms with van der Waals surface area (Å²) < 4.78 is 26.3. The number of aryl methyl sites for hydroxylation is 2. The maximum atomic E-state index is 13.3. The molecule has 1 atom stereocenters. The lowest BCUT2D eigenvalue weighted by Crippen LogP contribution is -2.23. The molecule has 0 radical (unpaired) electrons. The van der Waals surface area contributed by atoms with E-state index in [1.807, 2.05) is 32.0 Å². The SMILES string of the molecule is Cc1cc(C)cc(C(C)(O)c2ccc(F)c(F)c2)c1. The van der Waals surface area contributed by atoms with Gasteiger partial charge < -0.3 is 5.11 Å². The highest BCUT2D eigenvalue weighted by molar-refractivity contribution is 5.39. The Morgan fingerprint density at radius 3 is 1.95 bits per heavy atom. The molecular weight excluding hydrogens is 246 g/mol. The van der Waals surface area contributed by atoms with Gasteiger partial charge in [-0.25, -0.2) is 8.78 Å². The van der Waals surface area contributed by atoms with Gasteiger partial charge in [-0.3, -0.25) is 0 Å². The molecule has 0 saturated heterocycles. The van der Waals surface area contributed by atoms with Crippen molar-refractivity contribution in [2.24, 2.45) is 0 Å². The Balaban J connectivity index is 2.54. The van der Waals surface area contributed by atoms with Gasteiger partial charge in [-0.1, -0.05) is 35.4 Å². The van der Waals surface area contributed by atoms with Gasteiger partial charge >= 0.3 is 0 Å². The van der Waals surface area contributed by atoms with Crippen molar-refractivity contribution in [3.63, 3.8) is 0 Å². The molecule has 1 nitrogen and oxygen atoms in total. The molecule has 2 rings (SSSR count). The summed E-state index contributed by atoms with van der Waals surface area (Å²) in [4.78, 5) is 0. The van der Waals surface area contributed by atoms with Gasteiger partial charge in [-0.2, -0.15) is 0 Å². The highest BCUT2D eigenvalue weighted by Crippen LogP contribution is 2.31. The van der Waals surface area contributed by atoms with Gasteiger partial charge in [-0.15, -0.1) is 0 Å². The van der Waals surface area contributed by atoms with Gasteiger partial charge in [0.1, 0.15) is 5.60 Å². The standard InChI is InChI=1S/C16H16F2O/c1-10-6-11(2)8-13(7-10)16(3,19)12-4-5-14(17)15(18)9-12/h4-9,19H,1-3H3. The molecule has 0 heterocycles. The van der Waals surface area contributed by atoms with Crippen LogP contribution >= 0.6 is 0 Å². The van der Waals surface area contributed by atoms with E-state index >= 15 is 0 Å². The minimum absolute atomic E-state index is 0.330. The Morgan fingerprint density at radius 1 is 0.842 bits per heavy atom. The van der Waals surface area contributed by atoms with E-state index in [9.17, 15) is 13.9 Å². The van der Waals surface area contributed by atoms with E-state index in [1.165, 1.54) is 6.07 Å². The van der Waals surface area contributed by atoms with Crippen LogP contribution in [0.2, 0.25) is 0 Å². The van der Waals surface area contributed by atoms with Gasteiger partial charge in [-0.05, 0) is 44.0 Å². The monoisotopic (exact) mass is 262 g/mol. The summed E-state index contributed by atoms with van der Waals surface area (Å²) in [5, 5.41) is 10.6. The zero-order valence-electron chi connectivity index (χ0n) is 11.2. The number of rotatable bonds is 2. The van der Waals surface area contributed by atoms with Crippen LogP contribution in [0.15, 0.2) is 36.4 Å². The predicted octanol–water partition coefficient (Wildman–Crippen LogP) is 3.84. The van der Waals surface area contributed by atoms with E-state index in [4.69, 9.17) is 0 Å². The zero-order chi connectivity index (χ0) is 14.2. The van der Waals surface area contributed by atoms with Crippen LogP contribution in [0.3, 0.4) is 0 Å². The van der Waals surface area contributed by atoms with Crippen LogP contribution in [0, 0.1) is 25.5 Å². The fraction of sp³-hybridized carbons (Fsp3) is 0.250. The van der Waals surface area contributed by atoms with E-state index in [2.05, 4.69) is 0 Å². The quantitative estimate of drug-likeness (QED) is 0.872. The second kappa shape index (κ2) is 4.74. The molecule has 0 aliphatic heterocycles. The molecule has 0 aromatic heterocycles. The molecule has 3 heteroatoms. The molecule has 1 N–H and O–H groups in total. The van der Waals surface area contributed by atoms with Crippen LogP contribution in [-0.4, -0.2) is 5.11 Å². The highest BCUT2D eigenvalue weighted by Gasteiger charge is 2.27. The molecule has 0 spiro atoms. The van der Waals surface area contributed by atoms with Crippen molar-refractivity contribution >= 4 is 0 Å². The lowest BCUT2D eigenvalue weighted by atomic mass is 9.86. The molecule has 0 amide bonds. The van der Waals surface area contributed by atoms with Crippen molar-refractivity contribution in [3.8, 4) is 0 Å². The molecule has 0 aliphatic rings. The third-order valence-electron chi connectivity index (χ3n) is 3.27. The van der Waals surface area contributed by atoms with Crippen molar-refractivity contribution in [1.82, 2.24) is 0 Å². The van der Waals surface area contributed by atoms with Crippen LogP contribution < -0.4 is 0 Å². The number of hydrogen-bond donors (Lipinski definition) is 1. The van der Waals surface area contributed by atoms with Gasteiger partial charge in [0.25, 0.3) is 0 Å². The Morgan fingerprint density at radius 2 is 1.42 bits per heavy atom. The number of hydrogen-bond acceptors (Lipinski definition) is 1. The summed E-state index contributed by atoms with van der Waals surface area (Å²) in [7, 11) is 0. The van der Waals surface area contributed by atoms with Crippen molar-refractivity contribution < 1.29 is 13.9 Å². The summed E-state index contributed by atoms with van der Waals surface area (Å²) in [6, 6.07) is 9.14. The second-order valence-electron chi connectivity index (χ2n) is 5.08. The predicted molar refractivity (Wildman–Crippen MR) is 70.9 cm³/mol. The third kappa shape index (κ3) is 2.66. The smallest absolute Gasteiger partial charge is 0.159 e. The zero-order valence-corrected chi connectivity index (χ0v) is 11.2. The molecule has 100 valence electrons. The van der Waals surface area contributed by atoms with Crippen molar-refractivity contribution in [3.05, 3.63) is 70.3 Å². The summed E-state index contributed by atoms with van der Waals surface area (Å²) in [6.45, 7) is 5.43. The van der Waals surface area contributed by atoms with E-state index in [0.717, 1.165) is 23.3 Å². The van der Waals surface area contributed by atoms with Gasteiger partial charge in [0.05, 0.1) is 0 Å². The second-order valence-corrected chi connectivity index (χ2v) is 5.08. The van der Waals surface area contributed by atoms with Gasteiger partial charge in [0.2, 0.25) is 0 Å². The van der Waals surface area contributed by atoms with E-state index < -0.39 is 17.2 Å². The summed E-state index contributed by atoms with van der Waals surface area (Å²) >= 11 is 0. The van der Waals surface area contributed by atoms with Crippen molar-refractivity contribution in [1.29, 1.82) is 0 Å². The fourth-order valence-electron chi connectivity index (χ4n) is 2.22. The first-order valence-electron chi connectivity index (χ1n) is 6.07. The minimum atomic E-state index is -1.36.